The summed E-state index contributed by atoms with van der Waals surface area (Å²) in [5.41, 5.74) is 0. The van der Waals surface area contributed by atoms with Gasteiger partial charge >= 0.3 is 0 Å². The zero-order chi connectivity index (χ0) is 11.3. The first-order valence-corrected chi connectivity index (χ1v) is 8.23. The van der Waals surface area contributed by atoms with Crippen molar-refractivity contribution in [2.45, 2.75) is 36.9 Å². The Kier molecular flexibility index (Phi) is 4.74. The van der Waals surface area contributed by atoms with Gasteiger partial charge in [0.15, 0.2) is 0 Å². The molecule has 0 radical (unpaired) electrons. The zero-order valence-corrected chi connectivity index (χ0v) is 11.6. The van der Waals surface area contributed by atoms with Crippen LogP contribution in [0, 0.1) is 0 Å². The summed E-state index contributed by atoms with van der Waals surface area (Å²) in [6.07, 6.45) is 9.11. The second-order valence-electron chi connectivity index (χ2n) is 4.60. The van der Waals surface area contributed by atoms with Crippen molar-refractivity contribution in [3.63, 3.8) is 0 Å². The largest absolute Gasteiger partial charge is 0.315 e. The van der Waals surface area contributed by atoms with Gasteiger partial charge in [-0.1, -0.05) is 18.9 Å². The van der Waals surface area contributed by atoms with E-state index in [9.17, 15) is 0 Å². The molecule has 0 spiro atoms. The molecule has 0 aromatic carbocycles. The van der Waals surface area contributed by atoms with Gasteiger partial charge in [-0.15, -0.1) is 11.3 Å². The predicted octanol–water partition coefficient (Wildman–Crippen LogP) is 3.56. The molecule has 1 aromatic heterocycles. The Labute approximate surface area is 107 Å². The highest BCUT2D eigenvalue weighted by atomic mass is 32.2. The first-order valence-electron chi connectivity index (χ1n) is 6.13. The lowest BCUT2D eigenvalue weighted by molar-refractivity contribution is 0.536. The normalized spacial score (nSPS) is 19.1. The summed E-state index contributed by atoms with van der Waals surface area (Å²) in [5.74, 6) is 0. The van der Waals surface area contributed by atoms with Gasteiger partial charge in [-0.25, -0.2) is 0 Å². The summed E-state index contributed by atoms with van der Waals surface area (Å²) in [5, 5.41) is 5.81. The van der Waals surface area contributed by atoms with E-state index >= 15 is 0 Å². The summed E-state index contributed by atoms with van der Waals surface area (Å²) in [6.45, 7) is 2.32. The molecular formula is C13H21NS2. The van der Waals surface area contributed by atoms with Crippen LogP contribution >= 0.6 is 23.1 Å². The molecule has 3 heteroatoms. The molecule has 1 N–H and O–H groups in total. The lowest BCUT2D eigenvalue weighted by Gasteiger charge is -2.27. The SMILES string of the molecule is CSC1(CNCCc2cccs2)CCCC1. The Morgan fingerprint density at radius 3 is 2.88 bits per heavy atom. The van der Waals surface area contributed by atoms with E-state index < -0.39 is 0 Å². The molecule has 1 saturated carbocycles. The fourth-order valence-corrected chi connectivity index (χ4v) is 4.11. The van der Waals surface area contributed by atoms with Crippen LogP contribution in [0.5, 0.6) is 0 Å². The van der Waals surface area contributed by atoms with Gasteiger partial charge in [0.1, 0.15) is 0 Å². The molecule has 1 aromatic rings. The van der Waals surface area contributed by atoms with Crippen molar-refractivity contribution in [3.05, 3.63) is 22.4 Å². The van der Waals surface area contributed by atoms with Gasteiger partial charge in [0, 0.05) is 22.7 Å². The number of rotatable bonds is 6. The fourth-order valence-electron chi connectivity index (χ4n) is 2.46. The fraction of sp³-hybridized carbons (Fsp3) is 0.692. The van der Waals surface area contributed by atoms with Crippen LogP contribution in [0.15, 0.2) is 17.5 Å². The molecule has 1 aliphatic carbocycles. The third-order valence-corrected chi connectivity index (χ3v) is 5.88. The van der Waals surface area contributed by atoms with Gasteiger partial charge in [-0.3, -0.25) is 0 Å². The number of thioether (sulfide) groups is 1. The molecule has 0 unspecified atom stereocenters. The molecule has 90 valence electrons. The van der Waals surface area contributed by atoms with E-state index in [1.165, 1.54) is 43.5 Å². The molecule has 2 rings (SSSR count). The van der Waals surface area contributed by atoms with Crippen LogP contribution in [0.2, 0.25) is 0 Å². The van der Waals surface area contributed by atoms with Crippen molar-refractivity contribution >= 4 is 23.1 Å². The average molecular weight is 255 g/mol. The van der Waals surface area contributed by atoms with Crippen molar-refractivity contribution in [3.8, 4) is 0 Å². The van der Waals surface area contributed by atoms with Crippen LogP contribution in [0.3, 0.4) is 0 Å². The molecule has 0 atom stereocenters. The van der Waals surface area contributed by atoms with E-state index in [2.05, 4.69) is 40.8 Å². The van der Waals surface area contributed by atoms with Crippen LogP contribution < -0.4 is 5.32 Å². The second-order valence-corrected chi connectivity index (χ2v) is 6.91. The Morgan fingerprint density at radius 2 is 2.25 bits per heavy atom. The summed E-state index contributed by atoms with van der Waals surface area (Å²) in [6, 6.07) is 4.37. The van der Waals surface area contributed by atoms with Crippen molar-refractivity contribution in [1.82, 2.24) is 5.32 Å². The van der Waals surface area contributed by atoms with Crippen LogP contribution in [-0.4, -0.2) is 24.1 Å². The third-order valence-electron chi connectivity index (χ3n) is 3.52. The predicted molar refractivity (Wildman–Crippen MR) is 75.6 cm³/mol. The summed E-state index contributed by atoms with van der Waals surface area (Å²) < 4.78 is 0.551. The minimum absolute atomic E-state index is 0.551. The molecule has 1 nitrogen and oxygen atoms in total. The molecular weight excluding hydrogens is 234 g/mol. The van der Waals surface area contributed by atoms with Crippen molar-refractivity contribution in [2.24, 2.45) is 0 Å². The number of hydrogen-bond acceptors (Lipinski definition) is 3. The van der Waals surface area contributed by atoms with Gasteiger partial charge in [0.05, 0.1) is 0 Å². The molecule has 0 saturated heterocycles. The standard InChI is InChI=1S/C13H21NS2/c1-15-13(7-2-3-8-13)11-14-9-6-12-5-4-10-16-12/h4-5,10,14H,2-3,6-9,11H2,1H3. The molecule has 1 aliphatic rings. The summed E-state index contributed by atoms with van der Waals surface area (Å²) >= 11 is 3.93. The highest BCUT2D eigenvalue weighted by Gasteiger charge is 2.32. The Hall–Kier alpha value is 0.01000. The molecule has 1 fully saturated rings. The van der Waals surface area contributed by atoms with Gasteiger partial charge in [0.2, 0.25) is 0 Å². The first-order chi connectivity index (χ1) is 7.85. The Morgan fingerprint density at radius 1 is 1.44 bits per heavy atom. The molecule has 0 amide bonds. The maximum atomic E-state index is 3.64. The van der Waals surface area contributed by atoms with E-state index in [0.717, 1.165) is 6.54 Å². The van der Waals surface area contributed by atoms with Crippen molar-refractivity contribution in [2.75, 3.05) is 19.3 Å². The monoisotopic (exact) mass is 255 g/mol. The van der Waals surface area contributed by atoms with E-state index in [4.69, 9.17) is 0 Å². The van der Waals surface area contributed by atoms with Crippen molar-refractivity contribution in [1.29, 1.82) is 0 Å². The lowest BCUT2D eigenvalue weighted by atomic mass is 10.1. The van der Waals surface area contributed by atoms with Crippen LogP contribution in [0.25, 0.3) is 0 Å². The minimum Gasteiger partial charge on any atom is -0.315 e. The highest BCUT2D eigenvalue weighted by molar-refractivity contribution is 8.00. The number of thiophene rings is 1. The molecule has 0 aliphatic heterocycles. The average Bonchev–Trinajstić information content (AvgIpc) is 2.97. The maximum Gasteiger partial charge on any atom is 0.0281 e. The quantitative estimate of drug-likeness (QED) is 0.780. The third kappa shape index (κ3) is 3.25. The van der Waals surface area contributed by atoms with Gasteiger partial charge in [-0.2, -0.15) is 11.8 Å². The van der Waals surface area contributed by atoms with Crippen LogP contribution in [0.1, 0.15) is 30.6 Å². The summed E-state index contributed by atoms with van der Waals surface area (Å²) in [4.78, 5) is 1.50. The maximum absolute atomic E-state index is 3.64. The molecule has 1 heterocycles. The molecule has 0 bridgehead atoms. The number of hydrogen-bond donors (Lipinski definition) is 1. The van der Waals surface area contributed by atoms with E-state index in [-0.39, 0.29) is 0 Å². The van der Waals surface area contributed by atoms with Crippen molar-refractivity contribution < 1.29 is 0 Å². The number of nitrogens with one attached hydrogen (secondary N) is 1. The van der Waals surface area contributed by atoms with Gasteiger partial charge < -0.3 is 5.32 Å². The smallest absolute Gasteiger partial charge is 0.0281 e. The lowest BCUT2D eigenvalue weighted by Crippen LogP contribution is -2.35. The first kappa shape index (κ1) is 12.5. The summed E-state index contributed by atoms with van der Waals surface area (Å²) in [7, 11) is 0. The zero-order valence-electron chi connectivity index (χ0n) is 10.00. The highest BCUT2D eigenvalue weighted by Crippen LogP contribution is 2.39. The van der Waals surface area contributed by atoms with Gasteiger partial charge in [-0.05, 0) is 37.0 Å². The topological polar surface area (TPSA) is 12.0 Å². The Balaban J connectivity index is 1.67. The van der Waals surface area contributed by atoms with E-state index in [1.807, 2.05) is 11.3 Å². The Bertz CT molecular complexity index is 289. The minimum atomic E-state index is 0.551. The van der Waals surface area contributed by atoms with E-state index in [0.29, 0.717) is 4.75 Å². The van der Waals surface area contributed by atoms with Gasteiger partial charge in [0.25, 0.3) is 0 Å². The second kappa shape index (κ2) is 6.08. The van der Waals surface area contributed by atoms with Crippen LogP contribution in [-0.2, 0) is 6.42 Å². The van der Waals surface area contributed by atoms with Crippen LogP contribution in [0.4, 0.5) is 0 Å². The molecule has 16 heavy (non-hydrogen) atoms. The van der Waals surface area contributed by atoms with E-state index in [1.54, 1.807) is 0 Å².